The Labute approximate surface area is 146 Å². The van der Waals surface area contributed by atoms with Crippen molar-refractivity contribution in [3.05, 3.63) is 56.6 Å². The lowest BCUT2D eigenvalue weighted by molar-refractivity contribution is 0.0468. The smallest absolute Gasteiger partial charge is 0.341 e. The normalized spacial score (nSPS) is 10.5. The van der Waals surface area contributed by atoms with Crippen molar-refractivity contribution in [3.63, 3.8) is 0 Å². The fourth-order valence-electron chi connectivity index (χ4n) is 2.49. The molecule has 24 heavy (non-hydrogen) atoms. The van der Waals surface area contributed by atoms with Gasteiger partial charge in [-0.2, -0.15) is 0 Å². The number of hydrogen-bond acceptors (Lipinski definition) is 4. The van der Waals surface area contributed by atoms with Gasteiger partial charge in [-0.15, -0.1) is 0 Å². The second kappa shape index (κ2) is 7.09. The van der Waals surface area contributed by atoms with Crippen molar-refractivity contribution >= 4 is 33.5 Å². The number of ether oxygens (including phenoxy) is 1. The molecule has 2 rings (SSSR count). The zero-order valence-corrected chi connectivity index (χ0v) is 14.9. The molecule has 0 amide bonds. The van der Waals surface area contributed by atoms with Crippen LogP contribution in [0, 0.1) is 19.7 Å². The molecule has 126 valence electrons. The van der Waals surface area contributed by atoms with Gasteiger partial charge in [0.05, 0.1) is 11.3 Å². The molecule has 2 aromatic rings. The van der Waals surface area contributed by atoms with E-state index in [2.05, 4.69) is 20.9 Å². The summed E-state index contributed by atoms with van der Waals surface area (Å²) in [5, 5.41) is 0. The predicted molar refractivity (Wildman–Crippen MR) is 89.0 cm³/mol. The fraction of sp³-hybridized carbons (Fsp3) is 0.235. The van der Waals surface area contributed by atoms with E-state index in [1.165, 1.54) is 19.1 Å². The van der Waals surface area contributed by atoms with Gasteiger partial charge in [0.25, 0.3) is 0 Å². The molecule has 0 atom stereocenters. The first-order valence-electron chi connectivity index (χ1n) is 7.07. The number of carbonyl (C=O) groups excluding carboxylic acids is 3. The molecular formula is C17H15BrFNO4. The third kappa shape index (κ3) is 3.62. The lowest BCUT2D eigenvalue weighted by Crippen LogP contribution is -2.16. The van der Waals surface area contributed by atoms with E-state index >= 15 is 0 Å². The van der Waals surface area contributed by atoms with Gasteiger partial charge in [0.15, 0.2) is 12.4 Å². The van der Waals surface area contributed by atoms with Gasteiger partial charge in [-0.1, -0.05) is 15.9 Å². The number of nitrogens with one attached hydrogen (secondary N) is 1. The van der Waals surface area contributed by atoms with E-state index in [-0.39, 0.29) is 17.0 Å². The molecule has 0 aliphatic carbocycles. The van der Waals surface area contributed by atoms with Crippen LogP contribution in [0.2, 0.25) is 0 Å². The SMILES string of the molecule is CC(=O)c1c(C)[nH]c(C(=O)COC(=O)c2cc(Br)ccc2F)c1C. The quantitative estimate of drug-likeness (QED) is 0.617. The lowest BCUT2D eigenvalue weighted by atomic mass is 10.1. The largest absolute Gasteiger partial charge is 0.454 e. The van der Waals surface area contributed by atoms with Gasteiger partial charge in [-0.05, 0) is 44.5 Å². The van der Waals surface area contributed by atoms with E-state index in [9.17, 15) is 18.8 Å². The molecule has 1 aromatic heterocycles. The first-order valence-corrected chi connectivity index (χ1v) is 7.87. The van der Waals surface area contributed by atoms with E-state index in [0.29, 0.717) is 21.3 Å². The number of ketones is 2. The number of aromatic nitrogens is 1. The summed E-state index contributed by atoms with van der Waals surface area (Å²) >= 11 is 3.14. The standard InChI is InChI=1S/C17H15BrFNO4/c1-8-15(10(3)21)9(2)20-16(8)14(22)7-24-17(23)12-6-11(18)4-5-13(12)19/h4-6,20H,7H2,1-3H3. The average Bonchev–Trinajstić information content (AvgIpc) is 2.81. The number of carbonyl (C=O) groups is 3. The van der Waals surface area contributed by atoms with Crippen LogP contribution in [0.3, 0.4) is 0 Å². The van der Waals surface area contributed by atoms with Crippen LogP contribution >= 0.6 is 15.9 Å². The Kier molecular flexibility index (Phi) is 5.33. The van der Waals surface area contributed by atoms with Crippen LogP contribution in [0.15, 0.2) is 22.7 Å². The summed E-state index contributed by atoms with van der Waals surface area (Å²) < 4.78 is 19.0. The van der Waals surface area contributed by atoms with E-state index < -0.39 is 24.2 Å². The van der Waals surface area contributed by atoms with Crippen molar-refractivity contribution in [1.82, 2.24) is 4.98 Å². The van der Waals surface area contributed by atoms with Gasteiger partial charge in [0.1, 0.15) is 5.82 Å². The van der Waals surface area contributed by atoms with E-state index in [1.54, 1.807) is 13.8 Å². The number of esters is 1. The number of aryl methyl sites for hydroxylation is 1. The van der Waals surface area contributed by atoms with Crippen molar-refractivity contribution in [2.75, 3.05) is 6.61 Å². The van der Waals surface area contributed by atoms with Crippen LogP contribution in [0.25, 0.3) is 0 Å². The van der Waals surface area contributed by atoms with Crippen molar-refractivity contribution in [2.45, 2.75) is 20.8 Å². The maximum atomic E-state index is 13.6. The lowest BCUT2D eigenvalue weighted by Gasteiger charge is -2.06. The molecular weight excluding hydrogens is 381 g/mol. The summed E-state index contributed by atoms with van der Waals surface area (Å²) in [6.45, 7) is 4.18. The maximum Gasteiger partial charge on any atom is 0.341 e. The number of H-pyrrole nitrogens is 1. The van der Waals surface area contributed by atoms with E-state index in [0.717, 1.165) is 6.07 Å². The third-order valence-corrected chi connectivity index (χ3v) is 4.04. The summed E-state index contributed by atoms with van der Waals surface area (Å²) in [4.78, 5) is 38.6. The molecule has 0 unspecified atom stereocenters. The van der Waals surface area contributed by atoms with Crippen molar-refractivity contribution in [2.24, 2.45) is 0 Å². The third-order valence-electron chi connectivity index (χ3n) is 3.55. The molecule has 1 heterocycles. The van der Waals surface area contributed by atoms with Crippen LogP contribution < -0.4 is 0 Å². The van der Waals surface area contributed by atoms with E-state index in [4.69, 9.17) is 4.74 Å². The minimum atomic E-state index is -0.935. The van der Waals surface area contributed by atoms with Crippen LogP contribution in [-0.4, -0.2) is 29.1 Å². The summed E-state index contributed by atoms with van der Waals surface area (Å²) in [5.41, 5.74) is 1.48. The predicted octanol–water partition coefficient (Wildman–Crippen LogP) is 3.78. The first-order chi connectivity index (χ1) is 11.2. The first kappa shape index (κ1) is 18.1. The minimum absolute atomic E-state index is 0.159. The van der Waals surface area contributed by atoms with Crippen LogP contribution in [-0.2, 0) is 4.74 Å². The highest BCUT2D eigenvalue weighted by Crippen LogP contribution is 2.20. The number of Topliss-reactive ketones (excluding diaryl/α,β-unsaturated/α-hetero) is 2. The Bertz CT molecular complexity index is 841. The molecule has 0 fully saturated rings. The number of halogens is 2. The molecule has 0 saturated heterocycles. The molecule has 0 bridgehead atoms. The van der Waals surface area contributed by atoms with Gasteiger partial charge in [0, 0.05) is 15.7 Å². The Hall–Kier alpha value is -2.28. The molecule has 0 aliphatic heterocycles. The van der Waals surface area contributed by atoms with Gasteiger partial charge in [0.2, 0.25) is 5.78 Å². The number of rotatable bonds is 5. The molecule has 0 spiro atoms. The van der Waals surface area contributed by atoms with Gasteiger partial charge >= 0.3 is 5.97 Å². The molecule has 0 saturated carbocycles. The number of aromatic amines is 1. The zero-order valence-electron chi connectivity index (χ0n) is 13.3. The van der Waals surface area contributed by atoms with Gasteiger partial charge < -0.3 is 9.72 Å². The molecule has 0 radical (unpaired) electrons. The van der Waals surface area contributed by atoms with Crippen LogP contribution in [0.5, 0.6) is 0 Å². The van der Waals surface area contributed by atoms with Gasteiger partial charge in [-0.3, -0.25) is 9.59 Å². The second-order valence-electron chi connectivity index (χ2n) is 5.30. The Morgan fingerprint density at radius 2 is 1.92 bits per heavy atom. The van der Waals surface area contributed by atoms with Gasteiger partial charge in [-0.25, -0.2) is 9.18 Å². The number of benzene rings is 1. The molecule has 1 aromatic carbocycles. The highest BCUT2D eigenvalue weighted by atomic mass is 79.9. The van der Waals surface area contributed by atoms with E-state index in [1.807, 2.05) is 0 Å². The number of hydrogen-bond donors (Lipinski definition) is 1. The monoisotopic (exact) mass is 395 g/mol. The highest BCUT2D eigenvalue weighted by Gasteiger charge is 2.21. The summed E-state index contributed by atoms with van der Waals surface area (Å²) in [6, 6.07) is 3.85. The fourth-order valence-corrected chi connectivity index (χ4v) is 2.85. The summed E-state index contributed by atoms with van der Waals surface area (Å²) in [5.74, 6) is -2.32. The Balaban J connectivity index is 2.14. The topological polar surface area (TPSA) is 76.2 Å². The molecule has 0 aliphatic rings. The molecule has 5 nitrogen and oxygen atoms in total. The highest BCUT2D eigenvalue weighted by molar-refractivity contribution is 9.10. The van der Waals surface area contributed by atoms with Crippen LogP contribution in [0.1, 0.15) is 49.4 Å². The van der Waals surface area contributed by atoms with Crippen molar-refractivity contribution in [1.29, 1.82) is 0 Å². The second-order valence-corrected chi connectivity index (χ2v) is 6.22. The van der Waals surface area contributed by atoms with Crippen molar-refractivity contribution < 1.29 is 23.5 Å². The molecule has 7 heteroatoms. The van der Waals surface area contributed by atoms with Crippen LogP contribution in [0.4, 0.5) is 4.39 Å². The zero-order chi connectivity index (χ0) is 18.0. The van der Waals surface area contributed by atoms with Crippen molar-refractivity contribution in [3.8, 4) is 0 Å². The maximum absolute atomic E-state index is 13.6. The molecule has 1 N–H and O–H groups in total. The Morgan fingerprint density at radius 1 is 1.25 bits per heavy atom. The Morgan fingerprint density at radius 3 is 2.50 bits per heavy atom. The summed E-state index contributed by atoms with van der Waals surface area (Å²) in [7, 11) is 0. The summed E-state index contributed by atoms with van der Waals surface area (Å²) in [6.07, 6.45) is 0. The average molecular weight is 396 g/mol. The minimum Gasteiger partial charge on any atom is -0.454 e.